The van der Waals surface area contributed by atoms with Gasteiger partial charge in [-0.05, 0) is 38.5 Å². The fourth-order valence-electron chi connectivity index (χ4n) is 4.18. The number of nitriles is 1. The molecule has 2 atom stereocenters. The minimum Gasteiger partial charge on any atom is -0.353 e. The molecule has 3 heterocycles. The van der Waals surface area contributed by atoms with Crippen molar-refractivity contribution in [3.63, 3.8) is 0 Å². The Kier molecular flexibility index (Phi) is 8.43. The number of fused-ring (bicyclic) bond motifs is 1. The smallest absolute Gasteiger partial charge is 0.353 e. The molecule has 2 amide bonds. The van der Waals surface area contributed by atoms with Crippen LogP contribution in [0.5, 0.6) is 0 Å². The number of rotatable bonds is 9. The van der Waals surface area contributed by atoms with Crippen molar-refractivity contribution in [2.45, 2.75) is 45.6 Å². The Morgan fingerprint density at radius 2 is 1.95 bits per heavy atom. The average molecular weight is 587 g/mol. The summed E-state index contributed by atoms with van der Waals surface area (Å²) in [5, 5.41) is 20.5. The molecule has 12 nitrogen and oxygen atoms in total. The number of amides is 2. The van der Waals surface area contributed by atoms with Gasteiger partial charge in [0.25, 0.3) is 5.91 Å². The van der Waals surface area contributed by atoms with Gasteiger partial charge in [-0.25, -0.2) is 14.4 Å². The van der Waals surface area contributed by atoms with Crippen LogP contribution in [0.15, 0.2) is 36.9 Å². The lowest BCUT2D eigenvalue weighted by Crippen LogP contribution is -2.46. The maximum Gasteiger partial charge on any atom is 0.435 e. The maximum atomic E-state index is 15.1. The van der Waals surface area contributed by atoms with Crippen LogP contribution in [0.2, 0.25) is 0 Å². The summed E-state index contributed by atoms with van der Waals surface area (Å²) in [5.74, 6) is -1.81. The normalized spacial score (nSPS) is 12.9. The number of anilines is 2. The lowest BCUT2D eigenvalue weighted by atomic mass is 10.1. The lowest BCUT2D eigenvalue weighted by molar-refractivity contribution is -0.141. The SMILES string of the molecule is Cc1cc(Nc2nccn3c(-c4cn(CC#N)nc4C(F)(F)F)cnc23)cc(F)c1C(=O)NC(C)CNC(=O)C(C)N. The van der Waals surface area contributed by atoms with Gasteiger partial charge in [-0.1, -0.05) is 0 Å². The number of nitrogens with two attached hydrogens (primary N) is 1. The van der Waals surface area contributed by atoms with E-state index >= 15 is 4.39 Å². The first-order valence-electron chi connectivity index (χ1n) is 12.6. The quantitative estimate of drug-likeness (QED) is 0.217. The minimum absolute atomic E-state index is 0.0487. The maximum absolute atomic E-state index is 15.1. The molecule has 220 valence electrons. The predicted molar refractivity (Wildman–Crippen MR) is 143 cm³/mol. The highest BCUT2D eigenvalue weighted by Crippen LogP contribution is 2.37. The van der Waals surface area contributed by atoms with Gasteiger partial charge in [0.05, 0.1) is 35.1 Å². The summed E-state index contributed by atoms with van der Waals surface area (Å²) < 4.78 is 58.5. The molecule has 2 unspecified atom stereocenters. The number of benzene rings is 1. The molecule has 0 aliphatic carbocycles. The molecule has 4 aromatic rings. The van der Waals surface area contributed by atoms with Crippen LogP contribution < -0.4 is 21.7 Å². The molecule has 1 aromatic carbocycles. The number of alkyl halides is 3. The summed E-state index contributed by atoms with van der Waals surface area (Å²) in [6.45, 7) is 4.41. The second-order valence-electron chi connectivity index (χ2n) is 9.54. The number of hydrogen-bond donors (Lipinski definition) is 4. The van der Waals surface area contributed by atoms with Crippen LogP contribution in [0.25, 0.3) is 16.9 Å². The van der Waals surface area contributed by atoms with Crippen molar-refractivity contribution in [2.24, 2.45) is 5.73 Å². The van der Waals surface area contributed by atoms with Crippen molar-refractivity contribution in [3.8, 4) is 17.3 Å². The number of imidazole rings is 1. The number of carbonyl (C=O) groups is 2. The van der Waals surface area contributed by atoms with Crippen molar-refractivity contribution < 1.29 is 27.2 Å². The summed E-state index contributed by atoms with van der Waals surface area (Å²) >= 11 is 0. The number of carbonyl (C=O) groups excluding carboxylic acids is 2. The van der Waals surface area contributed by atoms with Crippen molar-refractivity contribution >= 4 is 29.0 Å². The molecular formula is C26H26F4N10O2. The van der Waals surface area contributed by atoms with E-state index in [-0.39, 0.29) is 52.6 Å². The first-order valence-corrected chi connectivity index (χ1v) is 12.6. The minimum atomic E-state index is -4.79. The van der Waals surface area contributed by atoms with Crippen LogP contribution in [0.3, 0.4) is 0 Å². The van der Waals surface area contributed by atoms with E-state index in [0.717, 1.165) is 16.9 Å². The van der Waals surface area contributed by atoms with Crippen molar-refractivity contribution in [1.29, 1.82) is 5.26 Å². The number of nitrogens with one attached hydrogen (secondary N) is 3. The molecule has 42 heavy (non-hydrogen) atoms. The van der Waals surface area contributed by atoms with Crippen LogP contribution >= 0.6 is 0 Å². The zero-order chi connectivity index (χ0) is 30.8. The first-order chi connectivity index (χ1) is 19.8. The second-order valence-corrected chi connectivity index (χ2v) is 9.54. The third-order valence-electron chi connectivity index (χ3n) is 6.12. The zero-order valence-corrected chi connectivity index (χ0v) is 22.6. The van der Waals surface area contributed by atoms with Crippen LogP contribution in [-0.4, -0.2) is 54.6 Å². The molecule has 3 aromatic heterocycles. The summed E-state index contributed by atoms with van der Waals surface area (Å²) in [5.41, 5.74) is 4.52. The molecule has 0 fully saturated rings. The van der Waals surface area contributed by atoms with Gasteiger partial charge in [0.2, 0.25) is 5.91 Å². The Morgan fingerprint density at radius 1 is 1.21 bits per heavy atom. The van der Waals surface area contributed by atoms with Crippen LogP contribution in [0.4, 0.5) is 29.1 Å². The van der Waals surface area contributed by atoms with Crippen molar-refractivity contribution in [2.75, 3.05) is 11.9 Å². The molecule has 16 heteroatoms. The first kappa shape index (κ1) is 29.9. The van der Waals surface area contributed by atoms with Gasteiger partial charge in [-0.3, -0.25) is 18.7 Å². The predicted octanol–water partition coefficient (Wildman–Crippen LogP) is 2.91. The largest absolute Gasteiger partial charge is 0.435 e. The third kappa shape index (κ3) is 6.31. The molecule has 0 aliphatic rings. The lowest BCUT2D eigenvalue weighted by Gasteiger charge is -2.17. The van der Waals surface area contributed by atoms with Crippen LogP contribution in [0, 0.1) is 24.1 Å². The van der Waals surface area contributed by atoms with Crippen LogP contribution in [0.1, 0.15) is 35.5 Å². The molecular weight excluding hydrogens is 560 g/mol. The fourth-order valence-corrected chi connectivity index (χ4v) is 4.18. The Morgan fingerprint density at radius 3 is 2.60 bits per heavy atom. The number of nitrogens with zero attached hydrogens (tertiary/aromatic N) is 6. The topological polar surface area (TPSA) is 168 Å². The van der Waals surface area contributed by atoms with Crippen molar-refractivity contribution in [3.05, 3.63) is 59.6 Å². The highest BCUT2D eigenvalue weighted by atomic mass is 19.4. The van der Waals surface area contributed by atoms with E-state index in [2.05, 4.69) is 31.0 Å². The van der Waals surface area contributed by atoms with Gasteiger partial charge in [-0.15, -0.1) is 0 Å². The highest BCUT2D eigenvalue weighted by molar-refractivity contribution is 5.96. The molecule has 0 saturated carbocycles. The average Bonchev–Trinajstić information content (AvgIpc) is 3.52. The van der Waals surface area contributed by atoms with Gasteiger partial charge in [0.15, 0.2) is 17.2 Å². The molecule has 4 rings (SSSR count). The van der Waals surface area contributed by atoms with E-state index in [9.17, 15) is 22.8 Å². The fraction of sp³-hybridized carbons (Fsp3) is 0.308. The van der Waals surface area contributed by atoms with E-state index in [1.54, 1.807) is 13.0 Å². The Balaban J connectivity index is 1.59. The zero-order valence-electron chi connectivity index (χ0n) is 22.6. The van der Waals surface area contributed by atoms with Gasteiger partial charge in [-0.2, -0.15) is 23.5 Å². The summed E-state index contributed by atoms with van der Waals surface area (Å²) in [4.78, 5) is 32.8. The van der Waals surface area contributed by atoms with Crippen LogP contribution in [-0.2, 0) is 17.5 Å². The summed E-state index contributed by atoms with van der Waals surface area (Å²) in [7, 11) is 0. The molecule has 0 bridgehead atoms. The number of aromatic nitrogens is 5. The van der Waals surface area contributed by atoms with E-state index in [4.69, 9.17) is 11.0 Å². The summed E-state index contributed by atoms with van der Waals surface area (Å²) in [6, 6.07) is 3.10. The molecule has 0 radical (unpaired) electrons. The van der Waals surface area contributed by atoms with E-state index < -0.39 is 41.6 Å². The van der Waals surface area contributed by atoms with Gasteiger partial charge in [0, 0.05) is 36.9 Å². The van der Waals surface area contributed by atoms with Gasteiger partial charge in [0.1, 0.15) is 12.4 Å². The molecule has 5 N–H and O–H groups in total. The number of halogens is 4. The number of aryl methyl sites for hydroxylation is 1. The van der Waals surface area contributed by atoms with Gasteiger partial charge < -0.3 is 21.7 Å². The van der Waals surface area contributed by atoms with E-state index in [1.807, 2.05) is 0 Å². The van der Waals surface area contributed by atoms with Crippen molar-refractivity contribution in [1.82, 2.24) is 34.8 Å². The Bertz CT molecular complexity index is 1660. The van der Waals surface area contributed by atoms with E-state index in [1.165, 1.54) is 42.9 Å². The standard InChI is InChI=1S/C26H26F4N10O2/c1-13-8-16(9-18(27)20(13)25(42)36-14(2)10-35-24(41)15(3)32)37-22-23-34-11-19(40(23)7-5-33-22)17-12-39(6-4-31)38-21(17)26(28,29)30/h5,7-9,11-12,14-15H,6,10,32H2,1-3H3,(H,33,37)(H,35,41)(H,36,42). The summed E-state index contributed by atoms with van der Waals surface area (Å²) in [6.07, 6.45) is 0.263. The van der Waals surface area contributed by atoms with Gasteiger partial charge >= 0.3 is 6.18 Å². The number of hydrogen-bond acceptors (Lipinski definition) is 8. The Labute approximate surface area is 236 Å². The highest BCUT2D eigenvalue weighted by Gasteiger charge is 2.38. The molecule has 0 aliphatic heterocycles. The second kappa shape index (κ2) is 11.8. The molecule has 0 saturated heterocycles. The third-order valence-corrected chi connectivity index (χ3v) is 6.12. The van der Waals surface area contributed by atoms with E-state index in [0.29, 0.717) is 0 Å². The monoisotopic (exact) mass is 586 g/mol. The molecule has 0 spiro atoms. The Hall–Kier alpha value is -5.04.